The molecule has 1 fully saturated rings. The Morgan fingerprint density at radius 2 is 2.10 bits per heavy atom. The molecule has 0 radical (unpaired) electrons. The number of benzene rings is 1. The number of sulfonamides is 1. The zero-order valence-electron chi connectivity index (χ0n) is 11.8. The predicted molar refractivity (Wildman–Crippen MR) is 76.3 cm³/mol. The van der Waals surface area contributed by atoms with Crippen LogP contribution in [0.1, 0.15) is 31.7 Å². The molecule has 1 aromatic rings. The lowest BCUT2D eigenvalue weighted by Crippen LogP contribution is -2.40. The minimum absolute atomic E-state index is 0.0773. The van der Waals surface area contributed by atoms with Crippen molar-refractivity contribution in [3.05, 3.63) is 29.6 Å². The van der Waals surface area contributed by atoms with Crippen molar-refractivity contribution in [2.24, 2.45) is 5.92 Å². The van der Waals surface area contributed by atoms with E-state index in [9.17, 15) is 12.8 Å². The first-order chi connectivity index (χ1) is 9.44. The Balaban J connectivity index is 2.17. The topological polar surface area (TPSA) is 58.2 Å². The van der Waals surface area contributed by atoms with E-state index in [4.69, 9.17) is 0 Å². The summed E-state index contributed by atoms with van der Waals surface area (Å²) in [6, 6.07) is 3.83. The second kappa shape index (κ2) is 6.20. The Morgan fingerprint density at radius 3 is 2.65 bits per heavy atom. The van der Waals surface area contributed by atoms with Crippen molar-refractivity contribution in [3.63, 3.8) is 0 Å². The fraction of sp³-hybridized carbons (Fsp3) is 0.571. The fourth-order valence-electron chi connectivity index (χ4n) is 2.39. The van der Waals surface area contributed by atoms with E-state index in [0.717, 1.165) is 12.8 Å². The highest BCUT2D eigenvalue weighted by atomic mass is 32.2. The highest BCUT2D eigenvalue weighted by Crippen LogP contribution is 2.30. The molecule has 0 spiro atoms. The Hall–Kier alpha value is -0.980. The largest absolute Gasteiger partial charge is 0.316 e. The van der Waals surface area contributed by atoms with E-state index in [2.05, 4.69) is 10.0 Å². The molecule has 0 aromatic heterocycles. The molecule has 0 aliphatic heterocycles. The van der Waals surface area contributed by atoms with Crippen LogP contribution in [0.25, 0.3) is 0 Å². The fourth-order valence-corrected chi connectivity index (χ4v) is 3.76. The Labute approximate surface area is 119 Å². The molecule has 1 unspecified atom stereocenters. The van der Waals surface area contributed by atoms with Gasteiger partial charge in [0, 0.05) is 18.2 Å². The van der Waals surface area contributed by atoms with Gasteiger partial charge in [-0.15, -0.1) is 0 Å². The first-order valence-corrected chi connectivity index (χ1v) is 8.37. The normalized spacial score (nSPS) is 17.8. The van der Waals surface area contributed by atoms with Gasteiger partial charge in [-0.2, -0.15) is 0 Å². The number of rotatable bonds is 6. The van der Waals surface area contributed by atoms with Crippen LogP contribution in [0.2, 0.25) is 0 Å². The third-order valence-corrected chi connectivity index (χ3v) is 5.45. The number of nitrogens with one attached hydrogen (secondary N) is 2. The smallest absolute Gasteiger partial charge is 0.240 e. The second-order valence-electron chi connectivity index (χ2n) is 5.38. The van der Waals surface area contributed by atoms with Crippen LogP contribution in [0.15, 0.2) is 23.1 Å². The lowest BCUT2D eigenvalue weighted by atomic mass is 9.81. The van der Waals surface area contributed by atoms with Crippen molar-refractivity contribution in [2.45, 2.75) is 43.7 Å². The molecule has 1 aromatic carbocycles. The summed E-state index contributed by atoms with van der Waals surface area (Å²) in [5.74, 6) is 0.0207. The molecule has 112 valence electrons. The maximum absolute atomic E-state index is 13.5. The third kappa shape index (κ3) is 3.37. The van der Waals surface area contributed by atoms with Gasteiger partial charge >= 0.3 is 0 Å². The molecule has 4 nitrogen and oxygen atoms in total. The van der Waals surface area contributed by atoms with E-state index in [1.54, 1.807) is 7.05 Å². The summed E-state index contributed by atoms with van der Waals surface area (Å²) >= 11 is 0. The summed E-state index contributed by atoms with van der Waals surface area (Å²) in [7, 11) is -1.89. The molecule has 6 heteroatoms. The van der Waals surface area contributed by atoms with Crippen molar-refractivity contribution in [1.82, 2.24) is 10.0 Å². The number of hydrogen-bond acceptors (Lipinski definition) is 3. The van der Waals surface area contributed by atoms with Gasteiger partial charge in [-0.25, -0.2) is 17.5 Å². The van der Waals surface area contributed by atoms with Crippen molar-refractivity contribution in [3.8, 4) is 0 Å². The lowest BCUT2D eigenvalue weighted by molar-refractivity contribution is 0.260. The number of hydrogen-bond donors (Lipinski definition) is 2. The van der Waals surface area contributed by atoms with Crippen molar-refractivity contribution in [2.75, 3.05) is 7.05 Å². The van der Waals surface area contributed by atoms with Gasteiger partial charge in [0.2, 0.25) is 10.0 Å². The van der Waals surface area contributed by atoms with Gasteiger partial charge in [0.25, 0.3) is 0 Å². The Morgan fingerprint density at radius 1 is 1.40 bits per heavy atom. The van der Waals surface area contributed by atoms with Crippen molar-refractivity contribution >= 4 is 10.0 Å². The molecule has 2 N–H and O–H groups in total. The quantitative estimate of drug-likeness (QED) is 0.845. The standard InChI is InChI=1S/C14H21FN2O2S/c1-10(11-4-3-5-11)17-20(18,19)13-6-7-14(15)12(8-13)9-16-2/h6-8,10-11,16-17H,3-5,9H2,1-2H3. The molecule has 1 saturated carbocycles. The van der Waals surface area contributed by atoms with Crippen LogP contribution in [0.4, 0.5) is 4.39 Å². The van der Waals surface area contributed by atoms with Gasteiger partial charge in [-0.1, -0.05) is 6.42 Å². The van der Waals surface area contributed by atoms with Crippen molar-refractivity contribution in [1.29, 1.82) is 0 Å². The van der Waals surface area contributed by atoms with Crippen LogP contribution >= 0.6 is 0 Å². The van der Waals surface area contributed by atoms with Crippen LogP contribution in [0.3, 0.4) is 0 Å². The first kappa shape index (κ1) is 15.4. The minimum Gasteiger partial charge on any atom is -0.316 e. The average molecular weight is 300 g/mol. The molecule has 0 heterocycles. The van der Waals surface area contributed by atoms with E-state index in [1.165, 1.54) is 24.6 Å². The predicted octanol–water partition coefficient (Wildman–Crippen LogP) is 2.01. The van der Waals surface area contributed by atoms with Gasteiger partial charge in [0.05, 0.1) is 4.90 Å². The molecular formula is C14H21FN2O2S. The highest BCUT2D eigenvalue weighted by Gasteiger charge is 2.28. The van der Waals surface area contributed by atoms with Gasteiger partial charge < -0.3 is 5.32 Å². The summed E-state index contributed by atoms with van der Waals surface area (Å²) in [6.45, 7) is 2.19. The summed E-state index contributed by atoms with van der Waals surface area (Å²) < 4.78 is 40.8. The van der Waals surface area contributed by atoms with E-state index in [0.29, 0.717) is 18.0 Å². The number of halogens is 1. The monoisotopic (exact) mass is 300 g/mol. The molecule has 1 atom stereocenters. The van der Waals surface area contributed by atoms with Crippen LogP contribution in [-0.4, -0.2) is 21.5 Å². The zero-order valence-corrected chi connectivity index (χ0v) is 12.6. The van der Waals surface area contributed by atoms with Crippen LogP contribution in [0, 0.1) is 11.7 Å². The second-order valence-corrected chi connectivity index (χ2v) is 7.10. The molecule has 2 rings (SSSR count). The van der Waals surface area contributed by atoms with Gasteiger partial charge in [0.15, 0.2) is 0 Å². The SMILES string of the molecule is CNCc1cc(S(=O)(=O)NC(C)C2CCC2)ccc1F. The van der Waals surface area contributed by atoms with E-state index in [-0.39, 0.29) is 10.9 Å². The molecule has 0 amide bonds. The molecule has 20 heavy (non-hydrogen) atoms. The minimum atomic E-state index is -3.58. The molecule has 0 saturated heterocycles. The zero-order chi connectivity index (χ0) is 14.8. The third-order valence-electron chi connectivity index (χ3n) is 3.89. The highest BCUT2D eigenvalue weighted by molar-refractivity contribution is 7.89. The summed E-state index contributed by atoms with van der Waals surface area (Å²) in [6.07, 6.45) is 3.30. The van der Waals surface area contributed by atoms with E-state index >= 15 is 0 Å². The summed E-state index contributed by atoms with van der Waals surface area (Å²) in [4.78, 5) is 0.121. The summed E-state index contributed by atoms with van der Waals surface area (Å²) in [5, 5.41) is 2.83. The Kier molecular flexibility index (Phi) is 4.78. The summed E-state index contributed by atoms with van der Waals surface area (Å²) in [5.41, 5.74) is 0.353. The van der Waals surface area contributed by atoms with Crippen LogP contribution < -0.4 is 10.0 Å². The van der Waals surface area contributed by atoms with E-state index < -0.39 is 15.8 Å². The molecular weight excluding hydrogens is 279 g/mol. The van der Waals surface area contributed by atoms with Crippen LogP contribution in [-0.2, 0) is 16.6 Å². The average Bonchev–Trinajstić information content (AvgIpc) is 2.28. The first-order valence-electron chi connectivity index (χ1n) is 6.89. The van der Waals surface area contributed by atoms with Crippen LogP contribution in [0.5, 0.6) is 0 Å². The molecule has 0 bridgehead atoms. The van der Waals surface area contributed by atoms with Gasteiger partial charge in [-0.3, -0.25) is 0 Å². The van der Waals surface area contributed by atoms with E-state index in [1.807, 2.05) is 6.92 Å². The Bertz CT molecular complexity index is 571. The van der Waals surface area contributed by atoms with Crippen molar-refractivity contribution < 1.29 is 12.8 Å². The lowest BCUT2D eigenvalue weighted by Gasteiger charge is -2.31. The maximum atomic E-state index is 13.5. The molecule has 1 aliphatic carbocycles. The van der Waals surface area contributed by atoms with Gasteiger partial charge in [-0.05, 0) is 50.9 Å². The van der Waals surface area contributed by atoms with Gasteiger partial charge in [0.1, 0.15) is 5.82 Å². The molecule has 1 aliphatic rings. The maximum Gasteiger partial charge on any atom is 0.240 e.